The highest BCUT2D eigenvalue weighted by Crippen LogP contribution is 2.21. The predicted molar refractivity (Wildman–Crippen MR) is 120 cm³/mol. The normalized spacial score (nSPS) is 11.7. The second-order valence-electron chi connectivity index (χ2n) is 6.99. The number of amides is 2. The molecule has 3 aromatic rings. The van der Waals surface area contributed by atoms with E-state index in [0.29, 0.717) is 11.4 Å². The van der Waals surface area contributed by atoms with E-state index < -0.39 is 6.04 Å². The molecule has 2 N–H and O–H groups in total. The Labute approximate surface area is 182 Å². The lowest BCUT2D eigenvalue weighted by Crippen LogP contribution is -2.30. The standard InChI is InChI=1S/C22H23BrN4O3/c1-14-21(22(30)27(26(14)3)18-7-5-4-6-8-18)25-20(29)13-19(24-15(2)28)16-9-11-17(23)12-10-16/h4-12,19H,13H2,1-3H3,(H,24,28)(H,25,29). The monoisotopic (exact) mass is 470 g/mol. The number of nitrogens with one attached hydrogen (secondary N) is 2. The van der Waals surface area contributed by atoms with E-state index in [9.17, 15) is 14.4 Å². The summed E-state index contributed by atoms with van der Waals surface area (Å²) in [6.07, 6.45) is 0.000321. The molecule has 8 heteroatoms. The van der Waals surface area contributed by atoms with Crippen molar-refractivity contribution >= 4 is 33.4 Å². The average molecular weight is 471 g/mol. The van der Waals surface area contributed by atoms with E-state index in [4.69, 9.17) is 0 Å². The molecule has 3 rings (SSSR count). The molecule has 1 unspecified atom stereocenters. The van der Waals surface area contributed by atoms with E-state index in [1.54, 1.807) is 18.7 Å². The van der Waals surface area contributed by atoms with Gasteiger partial charge in [0.05, 0.1) is 23.8 Å². The smallest absolute Gasteiger partial charge is 0.295 e. The van der Waals surface area contributed by atoms with Crippen molar-refractivity contribution in [3.8, 4) is 5.69 Å². The van der Waals surface area contributed by atoms with Gasteiger partial charge in [0.2, 0.25) is 11.8 Å². The van der Waals surface area contributed by atoms with Crippen molar-refractivity contribution in [1.82, 2.24) is 14.7 Å². The fourth-order valence-electron chi connectivity index (χ4n) is 3.28. The number of rotatable bonds is 6. The molecule has 7 nitrogen and oxygen atoms in total. The van der Waals surface area contributed by atoms with Gasteiger partial charge in [0.15, 0.2) is 0 Å². The first-order chi connectivity index (χ1) is 14.3. The minimum Gasteiger partial charge on any atom is -0.349 e. The van der Waals surface area contributed by atoms with Gasteiger partial charge in [-0.1, -0.05) is 46.3 Å². The van der Waals surface area contributed by atoms with Gasteiger partial charge in [0.25, 0.3) is 5.56 Å². The number of halogens is 1. The summed E-state index contributed by atoms with van der Waals surface area (Å²) < 4.78 is 4.11. The van der Waals surface area contributed by atoms with Gasteiger partial charge < -0.3 is 10.6 Å². The van der Waals surface area contributed by atoms with Crippen LogP contribution in [0.2, 0.25) is 0 Å². The predicted octanol–water partition coefficient (Wildman–Crippen LogP) is 3.45. The minimum atomic E-state index is -0.504. The maximum absolute atomic E-state index is 13.0. The summed E-state index contributed by atoms with van der Waals surface area (Å²) in [6.45, 7) is 3.18. The first-order valence-corrected chi connectivity index (χ1v) is 10.2. The lowest BCUT2D eigenvalue weighted by molar-refractivity contribution is -0.120. The molecule has 0 bridgehead atoms. The summed E-state index contributed by atoms with van der Waals surface area (Å²) in [5, 5.41) is 5.54. The summed E-state index contributed by atoms with van der Waals surface area (Å²) in [4.78, 5) is 37.4. The Kier molecular flexibility index (Phi) is 6.56. The Morgan fingerprint density at radius 3 is 2.30 bits per heavy atom. The molecule has 0 saturated carbocycles. The maximum atomic E-state index is 13.0. The molecule has 1 aromatic heterocycles. The molecule has 0 aliphatic rings. The van der Waals surface area contributed by atoms with Crippen LogP contribution in [0.5, 0.6) is 0 Å². The summed E-state index contributed by atoms with van der Waals surface area (Å²) in [5.74, 6) is -0.597. The number of para-hydroxylation sites is 1. The second-order valence-corrected chi connectivity index (χ2v) is 7.91. The van der Waals surface area contributed by atoms with E-state index >= 15 is 0 Å². The Morgan fingerprint density at radius 2 is 1.70 bits per heavy atom. The van der Waals surface area contributed by atoms with Crippen molar-refractivity contribution in [2.45, 2.75) is 26.3 Å². The lowest BCUT2D eigenvalue weighted by Gasteiger charge is -2.18. The van der Waals surface area contributed by atoms with Crippen molar-refractivity contribution in [3.63, 3.8) is 0 Å². The number of carbonyl (C=O) groups is 2. The number of hydrogen-bond donors (Lipinski definition) is 2. The highest BCUT2D eigenvalue weighted by molar-refractivity contribution is 9.10. The van der Waals surface area contributed by atoms with Crippen molar-refractivity contribution in [1.29, 1.82) is 0 Å². The van der Waals surface area contributed by atoms with E-state index in [-0.39, 0.29) is 29.5 Å². The van der Waals surface area contributed by atoms with Crippen LogP contribution in [-0.2, 0) is 16.6 Å². The maximum Gasteiger partial charge on any atom is 0.295 e. The number of anilines is 1. The number of hydrogen-bond acceptors (Lipinski definition) is 3. The average Bonchev–Trinajstić information content (AvgIpc) is 2.91. The van der Waals surface area contributed by atoms with Crippen molar-refractivity contribution in [2.24, 2.45) is 7.05 Å². The largest absolute Gasteiger partial charge is 0.349 e. The third-order valence-corrected chi connectivity index (χ3v) is 5.39. The molecule has 156 valence electrons. The van der Waals surface area contributed by atoms with Crippen LogP contribution in [0.4, 0.5) is 5.69 Å². The van der Waals surface area contributed by atoms with Gasteiger partial charge in [0, 0.05) is 18.4 Å². The quantitative estimate of drug-likeness (QED) is 0.578. The van der Waals surface area contributed by atoms with Gasteiger partial charge in [-0.3, -0.25) is 19.1 Å². The van der Waals surface area contributed by atoms with Crippen LogP contribution >= 0.6 is 15.9 Å². The van der Waals surface area contributed by atoms with E-state index in [1.807, 2.05) is 54.6 Å². The molecule has 0 aliphatic carbocycles. The van der Waals surface area contributed by atoms with Crippen LogP contribution in [0, 0.1) is 6.92 Å². The number of aromatic nitrogens is 2. The first-order valence-electron chi connectivity index (χ1n) is 9.44. The Morgan fingerprint density at radius 1 is 1.07 bits per heavy atom. The molecule has 30 heavy (non-hydrogen) atoms. The third-order valence-electron chi connectivity index (χ3n) is 4.86. The first kappa shape index (κ1) is 21.6. The van der Waals surface area contributed by atoms with Crippen LogP contribution in [0.1, 0.15) is 30.6 Å². The van der Waals surface area contributed by atoms with Crippen molar-refractivity contribution in [2.75, 3.05) is 5.32 Å². The van der Waals surface area contributed by atoms with Crippen LogP contribution in [0.3, 0.4) is 0 Å². The molecule has 0 spiro atoms. The van der Waals surface area contributed by atoms with Gasteiger partial charge in [-0.05, 0) is 36.8 Å². The third kappa shape index (κ3) is 4.71. The molecular formula is C22H23BrN4O3. The zero-order valence-corrected chi connectivity index (χ0v) is 18.6. The molecule has 0 saturated heterocycles. The topological polar surface area (TPSA) is 85.1 Å². The molecular weight excluding hydrogens is 448 g/mol. The lowest BCUT2D eigenvalue weighted by atomic mass is 10.0. The van der Waals surface area contributed by atoms with E-state index in [2.05, 4.69) is 26.6 Å². The molecule has 0 radical (unpaired) electrons. The Hall–Kier alpha value is -3.13. The highest BCUT2D eigenvalue weighted by Gasteiger charge is 2.21. The summed E-state index contributed by atoms with van der Waals surface area (Å²) in [5.41, 5.74) is 2.06. The SMILES string of the molecule is CC(=O)NC(CC(=O)Nc1c(C)n(C)n(-c2ccccc2)c1=O)c1ccc(Br)cc1. The molecule has 2 amide bonds. The van der Waals surface area contributed by atoms with Gasteiger partial charge in [-0.2, -0.15) is 0 Å². The zero-order valence-electron chi connectivity index (χ0n) is 17.0. The molecule has 0 aliphatic heterocycles. The molecule has 1 atom stereocenters. The number of carbonyl (C=O) groups excluding carboxylic acids is 2. The second kappa shape index (κ2) is 9.13. The van der Waals surface area contributed by atoms with Gasteiger partial charge >= 0.3 is 0 Å². The number of benzene rings is 2. The Bertz CT molecular complexity index is 1120. The zero-order chi connectivity index (χ0) is 21.8. The van der Waals surface area contributed by atoms with Crippen molar-refractivity contribution < 1.29 is 9.59 Å². The summed E-state index contributed by atoms with van der Waals surface area (Å²) in [7, 11) is 1.77. The fourth-order valence-corrected chi connectivity index (χ4v) is 3.55. The van der Waals surface area contributed by atoms with Gasteiger partial charge in [0.1, 0.15) is 5.69 Å². The molecule has 2 aromatic carbocycles. The van der Waals surface area contributed by atoms with Crippen LogP contribution in [-0.4, -0.2) is 21.2 Å². The van der Waals surface area contributed by atoms with Crippen LogP contribution in [0.25, 0.3) is 5.69 Å². The van der Waals surface area contributed by atoms with Gasteiger partial charge in [-0.15, -0.1) is 0 Å². The number of nitrogens with zero attached hydrogens (tertiary/aromatic N) is 2. The van der Waals surface area contributed by atoms with E-state index in [0.717, 1.165) is 10.0 Å². The molecule has 0 fully saturated rings. The van der Waals surface area contributed by atoms with Crippen LogP contribution in [0.15, 0.2) is 63.9 Å². The fraction of sp³-hybridized carbons (Fsp3) is 0.227. The van der Waals surface area contributed by atoms with Gasteiger partial charge in [-0.25, -0.2) is 4.68 Å². The van der Waals surface area contributed by atoms with E-state index in [1.165, 1.54) is 11.6 Å². The highest BCUT2D eigenvalue weighted by atomic mass is 79.9. The summed E-state index contributed by atoms with van der Waals surface area (Å²) >= 11 is 3.38. The summed E-state index contributed by atoms with van der Waals surface area (Å²) in [6, 6.07) is 16.1. The Balaban J connectivity index is 1.85. The molecule has 1 heterocycles. The van der Waals surface area contributed by atoms with Crippen molar-refractivity contribution in [3.05, 3.63) is 80.7 Å². The van der Waals surface area contributed by atoms with Crippen LogP contribution < -0.4 is 16.2 Å². The minimum absolute atomic E-state index is 0.000321.